The van der Waals surface area contributed by atoms with Crippen molar-refractivity contribution in [2.45, 2.75) is 51.6 Å². The molecule has 21 heavy (non-hydrogen) atoms. The van der Waals surface area contributed by atoms with E-state index in [9.17, 15) is 0 Å². The standard InChI is InChI=1S/C19H32N2/c1-15(2)17-12-8-9-13-18(17)20-14-19(21(3)4)16-10-6-5-7-11-16/h5-7,10-11,15,17-20H,8-9,12-14H2,1-4H3. The van der Waals surface area contributed by atoms with Crippen molar-refractivity contribution >= 4 is 0 Å². The van der Waals surface area contributed by atoms with Crippen molar-refractivity contribution in [3.8, 4) is 0 Å². The van der Waals surface area contributed by atoms with Crippen molar-refractivity contribution in [1.82, 2.24) is 10.2 Å². The summed E-state index contributed by atoms with van der Waals surface area (Å²) in [5.41, 5.74) is 1.41. The average Bonchev–Trinajstić information content (AvgIpc) is 2.48. The van der Waals surface area contributed by atoms with Crippen molar-refractivity contribution in [3.05, 3.63) is 35.9 Å². The molecular weight excluding hydrogens is 256 g/mol. The second-order valence-corrected chi connectivity index (χ2v) is 7.10. The fourth-order valence-electron chi connectivity index (χ4n) is 3.75. The van der Waals surface area contributed by atoms with E-state index in [1.165, 1.54) is 31.2 Å². The van der Waals surface area contributed by atoms with Gasteiger partial charge in [-0.1, -0.05) is 57.0 Å². The van der Waals surface area contributed by atoms with Crippen LogP contribution in [0.3, 0.4) is 0 Å². The molecule has 2 heteroatoms. The van der Waals surface area contributed by atoms with Crippen LogP contribution in [0.25, 0.3) is 0 Å². The van der Waals surface area contributed by atoms with Crippen molar-refractivity contribution < 1.29 is 0 Å². The zero-order valence-electron chi connectivity index (χ0n) is 14.2. The molecule has 2 nitrogen and oxygen atoms in total. The highest BCUT2D eigenvalue weighted by atomic mass is 15.1. The van der Waals surface area contributed by atoms with Crippen LogP contribution in [0, 0.1) is 11.8 Å². The van der Waals surface area contributed by atoms with Crippen LogP contribution in [0.4, 0.5) is 0 Å². The zero-order chi connectivity index (χ0) is 15.2. The van der Waals surface area contributed by atoms with Gasteiger partial charge in [0.15, 0.2) is 0 Å². The molecule has 1 aliphatic carbocycles. The molecular formula is C19H32N2. The first-order chi connectivity index (χ1) is 10.1. The predicted molar refractivity (Wildman–Crippen MR) is 91.5 cm³/mol. The predicted octanol–water partition coefficient (Wildman–Crippen LogP) is 4.09. The molecule has 1 aromatic rings. The van der Waals surface area contributed by atoms with Crippen molar-refractivity contribution in [2.24, 2.45) is 11.8 Å². The molecule has 0 saturated heterocycles. The van der Waals surface area contributed by atoms with E-state index in [1.54, 1.807) is 0 Å². The van der Waals surface area contributed by atoms with E-state index < -0.39 is 0 Å². The Bertz CT molecular complexity index is 399. The summed E-state index contributed by atoms with van der Waals surface area (Å²) in [7, 11) is 4.36. The van der Waals surface area contributed by atoms with Crippen molar-refractivity contribution in [3.63, 3.8) is 0 Å². The lowest BCUT2D eigenvalue weighted by atomic mass is 9.78. The Labute approximate surface area is 130 Å². The molecule has 1 fully saturated rings. The fourth-order valence-corrected chi connectivity index (χ4v) is 3.75. The second kappa shape index (κ2) is 7.95. The van der Waals surface area contributed by atoms with Gasteiger partial charge in [-0.3, -0.25) is 0 Å². The maximum atomic E-state index is 3.89. The number of benzene rings is 1. The van der Waals surface area contributed by atoms with Gasteiger partial charge in [0.25, 0.3) is 0 Å². The van der Waals surface area contributed by atoms with E-state index in [1.807, 2.05) is 0 Å². The highest BCUT2D eigenvalue weighted by Gasteiger charge is 2.28. The van der Waals surface area contributed by atoms with Gasteiger partial charge < -0.3 is 10.2 Å². The highest BCUT2D eigenvalue weighted by Crippen LogP contribution is 2.30. The van der Waals surface area contributed by atoms with Crippen LogP contribution in [-0.4, -0.2) is 31.6 Å². The Balaban J connectivity index is 1.98. The number of nitrogens with zero attached hydrogens (tertiary/aromatic N) is 1. The van der Waals surface area contributed by atoms with Gasteiger partial charge in [-0.2, -0.15) is 0 Å². The molecule has 1 saturated carbocycles. The van der Waals surface area contributed by atoms with Gasteiger partial charge in [-0.15, -0.1) is 0 Å². The molecule has 3 unspecified atom stereocenters. The van der Waals surface area contributed by atoms with Crippen molar-refractivity contribution in [2.75, 3.05) is 20.6 Å². The molecule has 0 amide bonds. The first-order valence-corrected chi connectivity index (χ1v) is 8.54. The molecule has 1 aromatic carbocycles. The molecule has 0 spiro atoms. The van der Waals surface area contributed by atoms with Crippen LogP contribution in [0.5, 0.6) is 0 Å². The van der Waals surface area contributed by atoms with Crippen LogP contribution in [0.2, 0.25) is 0 Å². The molecule has 2 rings (SSSR count). The molecule has 0 heterocycles. The lowest BCUT2D eigenvalue weighted by molar-refractivity contribution is 0.188. The summed E-state index contributed by atoms with van der Waals surface area (Å²) >= 11 is 0. The number of hydrogen-bond acceptors (Lipinski definition) is 2. The van der Waals surface area contributed by atoms with E-state index in [4.69, 9.17) is 0 Å². The topological polar surface area (TPSA) is 15.3 Å². The Morgan fingerprint density at radius 3 is 2.38 bits per heavy atom. The molecule has 0 aliphatic heterocycles. The Hall–Kier alpha value is -0.860. The normalized spacial score (nSPS) is 24.5. The lowest BCUT2D eigenvalue weighted by Crippen LogP contribution is -2.44. The third-order valence-corrected chi connectivity index (χ3v) is 5.06. The summed E-state index contributed by atoms with van der Waals surface area (Å²) in [6.45, 7) is 5.81. The maximum absolute atomic E-state index is 3.89. The molecule has 0 bridgehead atoms. The van der Waals surface area contributed by atoms with Crippen molar-refractivity contribution in [1.29, 1.82) is 0 Å². The zero-order valence-corrected chi connectivity index (χ0v) is 14.2. The SMILES string of the molecule is CC(C)C1CCCCC1NCC(c1ccccc1)N(C)C. The van der Waals surface area contributed by atoms with Gasteiger partial charge in [-0.05, 0) is 44.3 Å². The molecule has 1 N–H and O–H groups in total. The van der Waals surface area contributed by atoms with Gasteiger partial charge in [0.05, 0.1) is 0 Å². The number of rotatable bonds is 6. The van der Waals surface area contributed by atoms with Gasteiger partial charge in [0.2, 0.25) is 0 Å². The first kappa shape index (κ1) is 16.5. The molecule has 3 atom stereocenters. The van der Waals surface area contributed by atoms with Crippen LogP contribution >= 0.6 is 0 Å². The monoisotopic (exact) mass is 288 g/mol. The smallest absolute Gasteiger partial charge is 0.0466 e. The van der Waals surface area contributed by atoms with Crippen LogP contribution < -0.4 is 5.32 Å². The van der Waals surface area contributed by atoms with Gasteiger partial charge in [0, 0.05) is 18.6 Å². The second-order valence-electron chi connectivity index (χ2n) is 7.10. The summed E-state index contributed by atoms with van der Waals surface area (Å²) in [6.07, 6.45) is 5.54. The van der Waals surface area contributed by atoms with E-state index >= 15 is 0 Å². The van der Waals surface area contributed by atoms with Gasteiger partial charge in [-0.25, -0.2) is 0 Å². The quantitative estimate of drug-likeness (QED) is 0.848. The maximum Gasteiger partial charge on any atom is 0.0466 e. The fraction of sp³-hybridized carbons (Fsp3) is 0.684. The number of nitrogens with one attached hydrogen (secondary N) is 1. The minimum Gasteiger partial charge on any atom is -0.312 e. The summed E-state index contributed by atoms with van der Waals surface area (Å²) in [5, 5.41) is 3.89. The minimum absolute atomic E-state index is 0.459. The van der Waals surface area contributed by atoms with E-state index in [2.05, 4.69) is 68.5 Å². The first-order valence-electron chi connectivity index (χ1n) is 8.54. The third-order valence-electron chi connectivity index (χ3n) is 5.06. The number of hydrogen-bond donors (Lipinski definition) is 1. The Morgan fingerprint density at radius 1 is 1.10 bits per heavy atom. The molecule has 1 aliphatic rings. The summed E-state index contributed by atoms with van der Waals surface area (Å²) in [6, 6.07) is 12.0. The van der Waals surface area contributed by atoms with E-state index in [0.717, 1.165) is 18.4 Å². The average molecular weight is 288 g/mol. The van der Waals surface area contributed by atoms with E-state index in [-0.39, 0.29) is 0 Å². The molecule has 0 radical (unpaired) electrons. The van der Waals surface area contributed by atoms with Gasteiger partial charge in [0.1, 0.15) is 0 Å². The summed E-state index contributed by atoms with van der Waals surface area (Å²) in [4.78, 5) is 2.33. The number of likely N-dealkylation sites (N-methyl/N-ethyl adjacent to an activating group) is 1. The van der Waals surface area contributed by atoms with Crippen LogP contribution in [0.1, 0.15) is 51.1 Å². The van der Waals surface area contributed by atoms with Crippen LogP contribution in [0.15, 0.2) is 30.3 Å². The molecule has 118 valence electrons. The molecule has 0 aromatic heterocycles. The van der Waals surface area contributed by atoms with Crippen LogP contribution in [-0.2, 0) is 0 Å². The Morgan fingerprint density at radius 2 is 1.76 bits per heavy atom. The van der Waals surface area contributed by atoms with Gasteiger partial charge >= 0.3 is 0 Å². The lowest BCUT2D eigenvalue weighted by Gasteiger charge is -2.37. The largest absolute Gasteiger partial charge is 0.312 e. The van der Waals surface area contributed by atoms with E-state index in [0.29, 0.717) is 12.1 Å². The summed E-state index contributed by atoms with van der Waals surface area (Å²) in [5.74, 6) is 1.63. The summed E-state index contributed by atoms with van der Waals surface area (Å²) < 4.78 is 0. The highest BCUT2D eigenvalue weighted by molar-refractivity contribution is 5.19. The third kappa shape index (κ3) is 4.55. The Kier molecular flexibility index (Phi) is 6.25. The minimum atomic E-state index is 0.459.